The van der Waals surface area contributed by atoms with Crippen LogP contribution in [0.1, 0.15) is 10.6 Å². The first-order chi connectivity index (χ1) is 12.9. The maximum Gasteiger partial charge on any atom is 0.287 e. The monoisotopic (exact) mass is 395 g/mol. The number of carbonyl (C=O) groups is 3. The molecular weight excluding hydrogens is 378 g/mol. The van der Waals surface area contributed by atoms with Gasteiger partial charge in [0, 0.05) is 6.07 Å². The number of ether oxygens (including phenoxy) is 2. The zero-order chi connectivity index (χ0) is 19.8. The molecule has 3 N–H and O–H groups in total. The van der Waals surface area contributed by atoms with E-state index >= 15 is 0 Å². The molecule has 0 radical (unpaired) electrons. The predicted octanol–water partition coefficient (Wildman–Crippen LogP) is 1.43. The molecule has 0 aliphatic heterocycles. The van der Waals surface area contributed by atoms with E-state index in [-0.39, 0.29) is 18.8 Å². The summed E-state index contributed by atoms with van der Waals surface area (Å²) in [6.07, 6.45) is 1.35. The number of amides is 3. The van der Waals surface area contributed by atoms with Crippen molar-refractivity contribution >= 4 is 35.0 Å². The van der Waals surface area contributed by atoms with E-state index in [0.717, 1.165) is 0 Å². The van der Waals surface area contributed by atoms with Gasteiger partial charge < -0.3 is 29.8 Å². The number of halogens is 1. The number of carbonyl (C=O) groups excluding carboxylic acids is 3. The molecule has 9 nitrogen and oxygen atoms in total. The number of hydrogen-bond donors (Lipinski definition) is 3. The lowest BCUT2D eigenvalue weighted by Crippen LogP contribution is -2.40. The van der Waals surface area contributed by atoms with Gasteiger partial charge in [-0.2, -0.15) is 0 Å². The molecule has 1 aromatic carbocycles. The molecule has 0 fully saturated rings. The van der Waals surface area contributed by atoms with Gasteiger partial charge in [0.25, 0.3) is 5.91 Å². The van der Waals surface area contributed by atoms with Crippen LogP contribution in [0.15, 0.2) is 34.9 Å². The van der Waals surface area contributed by atoms with E-state index in [4.69, 9.17) is 25.5 Å². The Hall–Kier alpha value is -3.20. The second kappa shape index (κ2) is 9.48. The minimum Gasteiger partial charge on any atom is -0.495 e. The lowest BCUT2D eigenvalue weighted by molar-refractivity contribution is -0.123. The van der Waals surface area contributed by atoms with E-state index in [9.17, 15) is 14.4 Å². The molecule has 0 aliphatic rings. The average molecular weight is 396 g/mol. The number of benzene rings is 1. The Balaban J connectivity index is 1.83. The Morgan fingerprint density at radius 1 is 1.04 bits per heavy atom. The molecular formula is C17H18ClN3O6. The normalized spacial score (nSPS) is 10.0. The van der Waals surface area contributed by atoms with E-state index in [2.05, 4.69) is 16.0 Å². The summed E-state index contributed by atoms with van der Waals surface area (Å²) in [6, 6.07) is 6.02. The van der Waals surface area contributed by atoms with Crippen LogP contribution < -0.4 is 25.4 Å². The van der Waals surface area contributed by atoms with Crippen LogP contribution in [0.3, 0.4) is 0 Å². The van der Waals surface area contributed by atoms with Gasteiger partial charge in [0.1, 0.15) is 11.5 Å². The number of methoxy groups -OCH3 is 2. The van der Waals surface area contributed by atoms with Crippen molar-refractivity contribution in [2.24, 2.45) is 0 Å². The Kier molecular flexibility index (Phi) is 7.07. The Morgan fingerprint density at radius 2 is 1.74 bits per heavy atom. The second-order valence-corrected chi connectivity index (χ2v) is 5.58. The third-order valence-corrected chi connectivity index (χ3v) is 3.64. The number of nitrogens with one attached hydrogen (secondary N) is 3. The van der Waals surface area contributed by atoms with Crippen molar-refractivity contribution in [1.82, 2.24) is 10.6 Å². The minimum atomic E-state index is -0.537. The van der Waals surface area contributed by atoms with Gasteiger partial charge in [-0.3, -0.25) is 14.4 Å². The number of hydrogen-bond acceptors (Lipinski definition) is 6. The van der Waals surface area contributed by atoms with Gasteiger partial charge in [-0.05, 0) is 18.2 Å². The molecule has 0 atom stereocenters. The van der Waals surface area contributed by atoms with Gasteiger partial charge in [0.15, 0.2) is 5.76 Å². The third kappa shape index (κ3) is 5.65. The number of anilines is 1. The molecule has 1 aromatic heterocycles. The molecule has 0 spiro atoms. The Morgan fingerprint density at radius 3 is 2.37 bits per heavy atom. The van der Waals surface area contributed by atoms with Crippen molar-refractivity contribution in [1.29, 1.82) is 0 Å². The quantitative estimate of drug-likeness (QED) is 0.622. The fourth-order valence-corrected chi connectivity index (χ4v) is 2.29. The average Bonchev–Trinajstić information content (AvgIpc) is 3.19. The molecule has 0 aliphatic carbocycles. The van der Waals surface area contributed by atoms with Crippen LogP contribution in [0, 0.1) is 0 Å². The topological polar surface area (TPSA) is 119 Å². The largest absolute Gasteiger partial charge is 0.495 e. The predicted molar refractivity (Wildman–Crippen MR) is 97.2 cm³/mol. The highest BCUT2D eigenvalue weighted by atomic mass is 35.5. The van der Waals surface area contributed by atoms with Gasteiger partial charge in [0.2, 0.25) is 11.8 Å². The molecule has 144 valence electrons. The third-order valence-electron chi connectivity index (χ3n) is 3.35. The van der Waals surface area contributed by atoms with E-state index in [1.165, 1.54) is 38.7 Å². The molecule has 2 rings (SSSR count). The molecule has 0 saturated heterocycles. The van der Waals surface area contributed by atoms with Crippen LogP contribution in [0.4, 0.5) is 5.69 Å². The highest BCUT2D eigenvalue weighted by molar-refractivity contribution is 6.32. The zero-order valence-electron chi connectivity index (χ0n) is 14.6. The maximum atomic E-state index is 12.0. The first-order valence-corrected chi connectivity index (χ1v) is 8.12. The summed E-state index contributed by atoms with van der Waals surface area (Å²) in [4.78, 5) is 35.4. The first-order valence-electron chi connectivity index (χ1n) is 7.74. The lowest BCUT2D eigenvalue weighted by atomic mass is 10.2. The van der Waals surface area contributed by atoms with Crippen molar-refractivity contribution in [3.63, 3.8) is 0 Å². The van der Waals surface area contributed by atoms with E-state index in [1.807, 2.05) is 0 Å². The van der Waals surface area contributed by atoms with Crippen LogP contribution in [-0.4, -0.2) is 45.0 Å². The fourth-order valence-electron chi connectivity index (χ4n) is 2.05. The van der Waals surface area contributed by atoms with Crippen molar-refractivity contribution in [2.75, 3.05) is 32.6 Å². The van der Waals surface area contributed by atoms with Crippen molar-refractivity contribution in [2.45, 2.75) is 0 Å². The zero-order valence-corrected chi connectivity index (χ0v) is 15.4. The molecule has 3 amide bonds. The summed E-state index contributed by atoms with van der Waals surface area (Å²) < 4.78 is 15.1. The summed E-state index contributed by atoms with van der Waals surface area (Å²) in [5.41, 5.74) is 0.327. The van der Waals surface area contributed by atoms with Crippen LogP contribution in [-0.2, 0) is 9.59 Å². The molecule has 0 unspecified atom stereocenters. The smallest absolute Gasteiger partial charge is 0.287 e. The minimum absolute atomic E-state index is 0.0871. The molecule has 2 aromatic rings. The second-order valence-electron chi connectivity index (χ2n) is 5.17. The number of rotatable bonds is 8. The Labute approximate surface area is 160 Å². The SMILES string of the molecule is COc1cc(OC)c(NC(=O)CNC(=O)CNC(=O)c2ccco2)cc1Cl. The Bertz CT molecular complexity index is 822. The standard InChI is InChI=1S/C17H18ClN3O6/c1-25-13-7-14(26-2)11(6-10(13)18)21-16(23)9-19-15(22)8-20-17(24)12-4-3-5-27-12/h3-7H,8-9H2,1-2H3,(H,19,22)(H,20,24)(H,21,23). The molecule has 27 heavy (non-hydrogen) atoms. The van der Waals surface area contributed by atoms with Crippen molar-refractivity contribution < 1.29 is 28.3 Å². The highest BCUT2D eigenvalue weighted by Gasteiger charge is 2.14. The van der Waals surface area contributed by atoms with Gasteiger partial charge in [-0.15, -0.1) is 0 Å². The summed E-state index contributed by atoms with van der Waals surface area (Å²) >= 11 is 6.03. The van der Waals surface area contributed by atoms with Crippen LogP contribution in [0.5, 0.6) is 11.5 Å². The summed E-state index contributed by atoms with van der Waals surface area (Å²) in [6.45, 7) is -0.604. The fraction of sp³-hybridized carbons (Fsp3) is 0.235. The van der Waals surface area contributed by atoms with Crippen molar-refractivity contribution in [3.8, 4) is 11.5 Å². The maximum absolute atomic E-state index is 12.0. The van der Waals surface area contributed by atoms with E-state index in [0.29, 0.717) is 22.2 Å². The lowest BCUT2D eigenvalue weighted by Gasteiger charge is -2.13. The van der Waals surface area contributed by atoms with E-state index in [1.54, 1.807) is 6.07 Å². The molecule has 10 heteroatoms. The van der Waals surface area contributed by atoms with E-state index < -0.39 is 17.7 Å². The number of furan rings is 1. The summed E-state index contributed by atoms with van der Waals surface area (Å²) in [5, 5.41) is 7.62. The van der Waals surface area contributed by atoms with Gasteiger partial charge >= 0.3 is 0 Å². The molecule has 0 saturated carbocycles. The van der Waals surface area contributed by atoms with Crippen LogP contribution >= 0.6 is 11.6 Å². The van der Waals surface area contributed by atoms with Gasteiger partial charge in [-0.1, -0.05) is 11.6 Å². The van der Waals surface area contributed by atoms with Gasteiger partial charge in [-0.25, -0.2) is 0 Å². The van der Waals surface area contributed by atoms with Gasteiger partial charge in [0.05, 0.1) is 44.3 Å². The van der Waals surface area contributed by atoms with Crippen LogP contribution in [0.2, 0.25) is 5.02 Å². The summed E-state index contributed by atoms with van der Waals surface area (Å²) in [7, 11) is 2.89. The summed E-state index contributed by atoms with van der Waals surface area (Å²) in [5.74, 6) is -0.736. The van der Waals surface area contributed by atoms with Crippen molar-refractivity contribution in [3.05, 3.63) is 41.3 Å². The highest BCUT2D eigenvalue weighted by Crippen LogP contribution is 2.35. The molecule has 0 bridgehead atoms. The molecule has 1 heterocycles. The first kappa shape index (κ1) is 20.1. The van der Waals surface area contributed by atoms with Crippen LogP contribution in [0.25, 0.3) is 0 Å².